The Hall–Kier alpha value is -1.98. The Kier molecular flexibility index (Phi) is 3.61. The molecule has 1 aliphatic carbocycles. The van der Waals surface area contributed by atoms with Crippen LogP contribution in [0.3, 0.4) is 0 Å². The minimum absolute atomic E-state index is 0.0766. The molecule has 2 fully saturated rings. The third-order valence-corrected chi connectivity index (χ3v) is 4.23. The van der Waals surface area contributed by atoms with Crippen LogP contribution in [0.4, 0.5) is 10.2 Å². The Labute approximate surface area is 122 Å². The standard InChI is InChI=1S/C15H18FN3O2/c1-10-9-18(15(21)11-7-12(20)8-11)5-6-19(10)14-4-2-3-13(16)17-14/h2-4,10-11H,5-9H2,1H3. The molecule has 2 heterocycles. The van der Waals surface area contributed by atoms with Crippen molar-refractivity contribution in [1.82, 2.24) is 9.88 Å². The van der Waals surface area contributed by atoms with E-state index < -0.39 is 5.95 Å². The van der Waals surface area contributed by atoms with Crippen molar-refractivity contribution in [1.29, 1.82) is 0 Å². The second kappa shape index (κ2) is 5.42. The Balaban J connectivity index is 1.64. The number of ketones is 1. The number of amides is 1. The molecule has 3 rings (SSSR count). The van der Waals surface area contributed by atoms with Crippen molar-refractivity contribution in [2.24, 2.45) is 5.92 Å². The molecule has 0 spiro atoms. The van der Waals surface area contributed by atoms with Crippen LogP contribution in [0, 0.1) is 11.9 Å². The summed E-state index contributed by atoms with van der Waals surface area (Å²) in [6, 6.07) is 4.82. The maximum absolute atomic E-state index is 13.2. The molecule has 1 atom stereocenters. The number of pyridine rings is 1. The number of hydrogen-bond donors (Lipinski definition) is 0. The highest BCUT2D eigenvalue weighted by Crippen LogP contribution is 2.27. The van der Waals surface area contributed by atoms with Crippen LogP contribution < -0.4 is 4.90 Å². The van der Waals surface area contributed by atoms with Crippen LogP contribution in [-0.4, -0.2) is 47.3 Å². The Morgan fingerprint density at radius 1 is 1.33 bits per heavy atom. The zero-order valence-corrected chi connectivity index (χ0v) is 12.0. The quantitative estimate of drug-likeness (QED) is 0.769. The van der Waals surface area contributed by atoms with Gasteiger partial charge >= 0.3 is 0 Å². The van der Waals surface area contributed by atoms with Gasteiger partial charge in [0.2, 0.25) is 11.9 Å². The van der Waals surface area contributed by atoms with E-state index in [1.807, 2.05) is 16.7 Å². The lowest BCUT2D eigenvalue weighted by molar-refractivity contribution is -0.145. The second-order valence-electron chi connectivity index (χ2n) is 5.79. The average molecular weight is 291 g/mol. The van der Waals surface area contributed by atoms with Crippen molar-refractivity contribution in [3.63, 3.8) is 0 Å². The SMILES string of the molecule is CC1CN(C(=O)C2CC(=O)C2)CCN1c1cccc(F)n1. The van der Waals surface area contributed by atoms with E-state index in [0.29, 0.717) is 38.3 Å². The van der Waals surface area contributed by atoms with Gasteiger partial charge in [0.15, 0.2) is 0 Å². The number of nitrogens with zero attached hydrogens (tertiary/aromatic N) is 3. The molecule has 1 aromatic rings. The minimum atomic E-state index is -0.494. The van der Waals surface area contributed by atoms with Crippen molar-refractivity contribution in [3.8, 4) is 0 Å². The molecule has 1 aliphatic heterocycles. The third kappa shape index (κ3) is 2.75. The van der Waals surface area contributed by atoms with Crippen molar-refractivity contribution < 1.29 is 14.0 Å². The van der Waals surface area contributed by atoms with E-state index in [2.05, 4.69) is 4.98 Å². The molecule has 5 nitrogen and oxygen atoms in total. The van der Waals surface area contributed by atoms with Gasteiger partial charge in [-0.05, 0) is 19.1 Å². The molecule has 1 amide bonds. The van der Waals surface area contributed by atoms with Crippen LogP contribution >= 0.6 is 0 Å². The summed E-state index contributed by atoms with van der Waals surface area (Å²) in [4.78, 5) is 31.0. The van der Waals surface area contributed by atoms with Gasteiger partial charge in [-0.2, -0.15) is 4.39 Å². The van der Waals surface area contributed by atoms with Crippen LogP contribution in [0.5, 0.6) is 0 Å². The molecule has 6 heteroatoms. The van der Waals surface area contributed by atoms with Crippen LogP contribution in [-0.2, 0) is 9.59 Å². The number of Topliss-reactive ketones (excluding diaryl/α,β-unsaturated/α-hetero) is 1. The number of piperazine rings is 1. The van der Waals surface area contributed by atoms with Gasteiger partial charge in [0.1, 0.15) is 11.6 Å². The molecule has 21 heavy (non-hydrogen) atoms. The van der Waals surface area contributed by atoms with Crippen molar-refractivity contribution in [3.05, 3.63) is 24.1 Å². The van der Waals surface area contributed by atoms with E-state index >= 15 is 0 Å². The predicted molar refractivity (Wildman–Crippen MR) is 75.3 cm³/mol. The monoisotopic (exact) mass is 291 g/mol. The number of hydrogen-bond acceptors (Lipinski definition) is 4. The molecule has 0 bridgehead atoms. The van der Waals surface area contributed by atoms with E-state index in [1.54, 1.807) is 12.1 Å². The largest absolute Gasteiger partial charge is 0.350 e. The number of anilines is 1. The summed E-state index contributed by atoms with van der Waals surface area (Å²) < 4.78 is 13.2. The molecule has 1 saturated heterocycles. The molecule has 0 radical (unpaired) electrons. The van der Waals surface area contributed by atoms with Crippen LogP contribution in [0.1, 0.15) is 19.8 Å². The predicted octanol–water partition coefficient (Wildman–Crippen LogP) is 1.24. The van der Waals surface area contributed by atoms with E-state index in [4.69, 9.17) is 0 Å². The van der Waals surface area contributed by atoms with Gasteiger partial charge in [0.05, 0.1) is 5.92 Å². The molecule has 1 unspecified atom stereocenters. The van der Waals surface area contributed by atoms with Crippen LogP contribution in [0.15, 0.2) is 18.2 Å². The number of rotatable bonds is 2. The van der Waals surface area contributed by atoms with Gasteiger partial charge < -0.3 is 9.80 Å². The lowest BCUT2D eigenvalue weighted by Gasteiger charge is -2.42. The van der Waals surface area contributed by atoms with Gasteiger partial charge in [-0.15, -0.1) is 0 Å². The van der Waals surface area contributed by atoms with Crippen LogP contribution in [0.25, 0.3) is 0 Å². The zero-order valence-electron chi connectivity index (χ0n) is 12.0. The van der Waals surface area contributed by atoms with Crippen molar-refractivity contribution >= 4 is 17.5 Å². The van der Waals surface area contributed by atoms with Gasteiger partial charge in [0, 0.05) is 38.5 Å². The lowest BCUT2D eigenvalue weighted by atomic mass is 9.83. The number of aromatic nitrogens is 1. The maximum Gasteiger partial charge on any atom is 0.226 e. The first-order valence-electron chi connectivity index (χ1n) is 7.24. The number of carbonyl (C=O) groups is 2. The normalized spacial score (nSPS) is 23.1. The first-order valence-corrected chi connectivity index (χ1v) is 7.24. The first kappa shape index (κ1) is 14.0. The minimum Gasteiger partial charge on any atom is -0.350 e. The summed E-state index contributed by atoms with van der Waals surface area (Å²) in [5.41, 5.74) is 0. The van der Waals surface area contributed by atoms with Gasteiger partial charge in [-0.25, -0.2) is 4.98 Å². The smallest absolute Gasteiger partial charge is 0.226 e. The fourth-order valence-electron chi connectivity index (χ4n) is 2.98. The van der Waals surface area contributed by atoms with Crippen molar-refractivity contribution in [2.45, 2.75) is 25.8 Å². The highest BCUT2D eigenvalue weighted by molar-refractivity contribution is 5.96. The fraction of sp³-hybridized carbons (Fsp3) is 0.533. The maximum atomic E-state index is 13.2. The summed E-state index contributed by atoms with van der Waals surface area (Å²) >= 11 is 0. The number of carbonyl (C=O) groups excluding carboxylic acids is 2. The van der Waals surface area contributed by atoms with Gasteiger partial charge in [-0.3, -0.25) is 9.59 Å². The summed E-state index contributed by atoms with van der Waals surface area (Å²) in [7, 11) is 0. The Morgan fingerprint density at radius 3 is 2.71 bits per heavy atom. The molecule has 112 valence electrons. The number of halogens is 1. The Morgan fingerprint density at radius 2 is 2.10 bits per heavy atom. The van der Waals surface area contributed by atoms with Crippen LogP contribution in [0.2, 0.25) is 0 Å². The summed E-state index contributed by atoms with van der Waals surface area (Å²) in [5.74, 6) is 0.237. The second-order valence-corrected chi connectivity index (χ2v) is 5.79. The first-order chi connectivity index (χ1) is 10.0. The average Bonchev–Trinajstić information content (AvgIpc) is 2.43. The molecule has 1 saturated carbocycles. The van der Waals surface area contributed by atoms with E-state index in [9.17, 15) is 14.0 Å². The summed E-state index contributed by atoms with van der Waals surface area (Å²) in [6.07, 6.45) is 0.776. The van der Waals surface area contributed by atoms with Gasteiger partial charge in [0.25, 0.3) is 0 Å². The molecule has 2 aliphatic rings. The third-order valence-electron chi connectivity index (χ3n) is 4.23. The summed E-state index contributed by atoms with van der Waals surface area (Å²) in [6.45, 7) is 3.80. The summed E-state index contributed by atoms with van der Waals surface area (Å²) in [5, 5.41) is 0. The Bertz CT molecular complexity index is 570. The van der Waals surface area contributed by atoms with E-state index in [0.717, 1.165) is 0 Å². The molecular formula is C15H18FN3O2. The molecule has 0 aromatic carbocycles. The highest BCUT2D eigenvalue weighted by Gasteiger charge is 2.37. The van der Waals surface area contributed by atoms with Crippen molar-refractivity contribution in [2.75, 3.05) is 24.5 Å². The van der Waals surface area contributed by atoms with Gasteiger partial charge in [-0.1, -0.05) is 6.07 Å². The molecule has 0 N–H and O–H groups in total. The topological polar surface area (TPSA) is 53.5 Å². The zero-order chi connectivity index (χ0) is 15.0. The van der Waals surface area contributed by atoms with E-state index in [-0.39, 0.29) is 23.7 Å². The lowest BCUT2D eigenvalue weighted by Crippen LogP contribution is -2.56. The fourth-order valence-corrected chi connectivity index (χ4v) is 2.98. The molecule has 1 aromatic heterocycles. The highest BCUT2D eigenvalue weighted by atomic mass is 19.1. The molecular weight excluding hydrogens is 273 g/mol. The van der Waals surface area contributed by atoms with E-state index in [1.165, 1.54) is 6.07 Å².